The first kappa shape index (κ1) is 19.2. The van der Waals surface area contributed by atoms with E-state index < -0.39 is 0 Å². The number of hydrogen-bond donors (Lipinski definition) is 0. The molecule has 0 atom stereocenters. The van der Waals surface area contributed by atoms with Gasteiger partial charge in [0.25, 0.3) is 5.91 Å². The molecule has 8 heteroatoms. The van der Waals surface area contributed by atoms with E-state index in [9.17, 15) is 9.18 Å². The number of amides is 1. The van der Waals surface area contributed by atoms with E-state index in [0.29, 0.717) is 30.1 Å². The SMILES string of the molecule is Cc1c(C(=O)N2CCN(c3ccccc3)CC2)nnc2c(-c3ccc(F)cc3)cnn12. The summed E-state index contributed by atoms with van der Waals surface area (Å²) in [6.45, 7) is 4.58. The van der Waals surface area contributed by atoms with Crippen molar-refractivity contribution in [1.82, 2.24) is 24.7 Å². The number of aromatic nitrogens is 4. The molecule has 7 nitrogen and oxygen atoms in total. The lowest BCUT2D eigenvalue weighted by molar-refractivity contribution is 0.0738. The van der Waals surface area contributed by atoms with E-state index in [0.717, 1.165) is 29.9 Å². The predicted octanol–water partition coefficient (Wildman–Crippen LogP) is 3.20. The second-order valence-electron chi connectivity index (χ2n) is 7.55. The molecule has 0 spiro atoms. The van der Waals surface area contributed by atoms with Gasteiger partial charge in [-0.3, -0.25) is 4.79 Å². The summed E-state index contributed by atoms with van der Waals surface area (Å²) in [7, 11) is 0. The van der Waals surface area contributed by atoms with Crippen LogP contribution in [0.15, 0.2) is 60.8 Å². The number of nitrogens with zero attached hydrogens (tertiary/aromatic N) is 6. The molecule has 1 aliphatic heterocycles. The van der Waals surface area contributed by atoms with E-state index in [-0.39, 0.29) is 11.7 Å². The summed E-state index contributed by atoms with van der Waals surface area (Å²) in [6, 6.07) is 16.3. The minimum Gasteiger partial charge on any atom is -0.368 e. The molecule has 5 rings (SSSR count). The predicted molar refractivity (Wildman–Crippen MR) is 115 cm³/mol. The number of piperazine rings is 1. The van der Waals surface area contributed by atoms with Gasteiger partial charge in [0, 0.05) is 37.4 Å². The summed E-state index contributed by atoms with van der Waals surface area (Å²) in [5, 5.41) is 12.9. The molecule has 3 heterocycles. The van der Waals surface area contributed by atoms with Gasteiger partial charge in [0.2, 0.25) is 0 Å². The summed E-state index contributed by atoms with van der Waals surface area (Å²) >= 11 is 0. The molecular weight excluding hydrogens is 395 g/mol. The highest BCUT2D eigenvalue weighted by molar-refractivity contribution is 5.93. The van der Waals surface area contributed by atoms with Gasteiger partial charge in [0.05, 0.1) is 11.9 Å². The van der Waals surface area contributed by atoms with Gasteiger partial charge >= 0.3 is 0 Å². The maximum Gasteiger partial charge on any atom is 0.276 e. The molecule has 0 bridgehead atoms. The van der Waals surface area contributed by atoms with Crippen molar-refractivity contribution in [2.24, 2.45) is 0 Å². The van der Waals surface area contributed by atoms with Crippen LogP contribution in [0, 0.1) is 12.7 Å². The molecule has 4 aromatic rings. The molecule has 0 unspecified atom stereocenters. The van der Waals surface area contributed by atoms with Crippen LogP contribution in [-0.4, -0.2) is 56.8 Å². The Bertz CT molecular complexity index is 1230. The fourth-order valence-electron chi connectivity index (χ4n) is 3.94. The van der Waals surface area contributed by atoms with Gasteiger partial charge in [-0.2, -0.15) is 5.10 Å². The molecule has 0 radical (unpaired) electrons. The van der Waals surface area contributed by atoms with E-state index >= 15 is 0 Å². The van der Waals surface area contributed by atoms with E-state index in [1.54, 1.807) is 22.8 Å². The van der Waals surface area contributed by atoms with Crippen LogP contribution in [0.2, 0.25) is 0 Å². The minimum absolute atomic E-state index is 0.140. The van der Waals surface area contributed by atoms with E-state index in [1.807, 2.05) is 30.0 Å². The lowest BCUT2D eigenvalue weighted by Gasteiger charge is -2.36. The van der Waals surface area contributed by atoms with Gasteiger partial charge < -0.3 is 9.80 Å². The highest BCUT2D eigenvalue weighted by atomic mass is 19.1. The molecular formula is C23H21FN6O. The zero-order valence-electron chi connectivity index (χ0n) is 17.1. The molecule has 1 fully saturated rings. The number of fused-ring (bicyclic) bond motifs is 1. The van der Waals surface area contributed by atoms with Crippen LogP contribution < -0.4 is 4.90 Å². The van der Waals surface area contributed by atoms with Gasteiger partial charge in [0.15, 0.2) is 11.3 Å². The first-order chi connectivity index (χ1) is 15.1. The summed E-state index contributed by atoms with van der Waals surface area (Å²) in [6.07, 6.45) is 1.66. The first-order valence-electron chi connectivity index (χ1n) is 10.2. The van der Waals surface area contributed by atoms with Gasteiger partial charge in [-0.15, -0.1) is 10.2 Å². The Labute approximate surface area is 178 Å². The van der Waals surface area contributed by atoms with Crippen molar-refractivity contribution >= 4 is 17.2 Å². The zero-order chi connectivity index (χ0) is 21.4. The molecule has 1 amide bonds. The fraction of sp³-hybridized carbons (Fsp3) is 0.217. The smallest absolute Gasteiger partial charge is 0.276 e. The van der Waals surface area contributed by atoms with Crippen LogP contribution >= 0.6 is 0 Å². The Kier molecular flexibility index (Phi) is 4.82. The number of anilines is 1. The third-order valence-corrected chi connectivity index (χ3v) is 5.69. The molecule has 0 saturated carbocycles. The highest BCUT2D eigenvalue weighted by Gasteiger charge is 2.26. The Morgan fingerprint density at radius 3 is 2.35 bits per heavy atom. The van der Waals surface area contributed by atoms with Gasteiger partial charge in [-0.1, -0.05) is 30.3 Å². The van der Waals surface area contributed by atoms with Crippen LogP contribution in [0.25, 0.3) is 16.8 Å². The topological polar surface area (TPSA) is 66.6 Å². The van der Waals surface area contributed by atoms with Crippen molar-refractivity contribution in [2.45, 2.75) is 6.92 Å². The lowest BCUT2D eigenvalue weighted by Crippen LogP contribution is -2.49. The number of carbonyl (C=O) groups is 1. The number of rotatable bonds is 3. The number of benzene rings is 2. The number of carbonyl (C=O) groups excluding carboxylic acids is 1. The van der Waals surface area contributed by atoms with Crippen LogP contribution in [-0.2, 0) is 0 Å². The van der Waals surface area contributed by atoms with E-state index in [4.69, 9.17) is 0 Å². The van der Waals surface area contributed by atoms with Crippen molar-refractivity contribution in [3.05, 3.63) is 78.0 Å². The summed E-state index contributed by atoms with van der Waals surface area (Å²) in [5.41, 5.74) is 4.17. The van der Waals surface area contributed by atoms with Crippen LogP contribution in [0.5, 0.6) is 0 Å². The molecule has 2 aromatic carbocycles. The highest BCUT2D eigenvalue weighted by Crippen LogP contribution is 2.24. The largest absolute Gasteiger partial charge is 0.368 e. The summed E-state index contributed by atoms with van der Waals surface area (Å²) in [5.74, 6) is -0.443. The fourth-order valence-corrected chi connectivity index (χ4v) is 3.94. The van der Waals surface area contributed by atoms with Crippen molar-refractivity contribution < 1.29 is 9.18 Å². The Morgan fingerprint density at radius 1 is 0.935 bits per heavy atom. The van der Waals surface area contributed by atoms with Crippen molar-refractivity contribution in [3.63, 3.8) is 0 Å². The standard InChI is InChI=1S/C23H21FN6O/c1-16-21(23(31)29-13-11-28(12-14-29)19-5-3-2-4-6-19)26-27-22-20(15-25-30(16)22)17-7-9-18(24)10-8-17/h2-10,15H,11-14H2,1H3. The molecule has 1 aliphatic rings. The molecule has 31 heavy (non-hydrogen) atoms. The molecule has 0 aliphatic carbocycles. The molecule has 0 N–H and O–H groups in total. The molecule has 1 saturated heterocycles. The number of halogens is 1. The number of para-hydroxylation sites is 1. The third kappa shape index (κ3) is 3.50. The second-order valence-corrected chi connectivity index (χ2v) is 7.55. The van der Waals surface area contributed by atoms with E-state index in [1.165, 1.54) is 12.1 Å². The van der Waals surface area contributed by atoms with Gasteiger partial charge in [-0.05, 0) is 36.8 Å². The van der Waals surface area contributed by atoms with Crippen LogP contribution in [0.1, 0.15) is 16.2 Å². The first-order valence-corrected chi connectivity index (χ1v) is 10.2. The average Bonchev–Trinajstić information content (AvgIpc) is 3.25. The number of aryl methyl sites for hydroxylation is 1. The second kappa shape index (κ2) is 7.79. The average molecular weight is 416 g/mol. The van der Waals surface area contributed by atoms with E-state index in [2.05, 4.69) is 32.3 Å². The van der Waals surface area contributed by atoms with Crippen molar-refractivity contribution in [2.75, 3.05) is 31.1 Å². The Morgan fingerprint density at radius 2 is 1.65 bits per heavy atom. The van der Waals surface area contributed by atoms with Crippen molar-refractivity contribution in [1.29, 1.82) is 0 Å². The normalized spacial score (nSPS) is 14.3. The summed E-state index contributed by atoms with van der Waals surface area (Å²) in [4.78, 5) is 17.2. The van der Waals surface area contributed by atoms with Gasteiger partial charge in [0.1, 0.15) is 5.82 Å². The van der Waals surface area contributed by atoms with Crippen LogP contribution in [0.3, 0.4) is 0 Å². The van der Waals surface area contributed by atoms with Crippen molar-refractivity contribution in [3.8, 4) is 11.1 Å². The Balaban J connectivity index is 1.37. The molecule has 2 aromatic heterocycles. The zero-order valence-corrected chi connectivity index (χ0v) is 17.1. The van der Waals surface area contributed by atoms with Gasteiger partial charge in [-0.25, -0.2) is 8.91 Å². The lowest BCUT2D eigenvalue weighted by atomic mass is 10.1. The summed E-state index contributed by atoms with van der Waals surface area (Å²) < 4.78 is 14.9. The molecule has 156 valence electrons. The third-order valence-electron chi connectivity index (χ3n) is 5.69. The number of hydrogen-bond acceptors (Lipinski definition) is 5. The monoisotopic (exact) mass is 416 g/mol. The maximum absolute atomic E-state index is 13.3. The van der Waals surface area contributed by atoms with Crippen LogP contribution in [0.4, 0.5) is 10.1 Å². The minimum atomic E-state index is -0.303. The quantitative estimate of drug-likeness (QED) is 0.513. The maximum atomic E-state index is 13.3. The Hall–Kier alpha value is -3.81.